The Kier molecular flexibility index (Phi) is 7.86. The maximum Gasteiger partial charge on any atom is 0.331 e. The second-order valence-corrected chi connectivity index (χ2v) is 10.5. The van der Waals surface area contributed by atoms with E-state index in [0.29, 0.717) is 43.0 Å². The zero-order chi connectivity index (χ0) is 26.7. The maximum atomic E-state index is 13.1. The minimum atomic E-state index is -3.89. The van der Waals surface area contributed by atoms with Gasteiger partial charge in [0.05, 0.1) is 27.7 Å². The first-order valence-corrected chi connectivity index (χ1v) is 13.7. The Morgan fingerprint density at radius 3 is 2.62 bits per heavy atom. The predicted octanol–water partition coefficient (Wildman–Crippen LogP) is 3.07. The van der Waals surface area contributed by atoms with E-state index in [-0.39, 0.29) is 27.5 Å². The fourth-order valence-electron chi connectivity index (χ4n) is 4.12. The summed E-state index contributed by atoms with van der Waals surface area (Å²) in [6.45, 7) is 4.55. The predicted molar refractivity (Wildman–Crippen MR) is 143 cm³/mol. The topological polar surface area (TPSA) is 128 Å². The van der Waals surface area contributed by atoms with E-state index in [1.165, 1.54) is 23.7 Å². The number of fused-ring (bicyclic) bond motifs is 1. The van der Waals surface area contributed by atoms with Gasteiger partial charge in [0.2, 0.25) is 10.0 Å². The van der Waals surface area contributed by atoms with Crippen molar-refractivity contribution < 1.29 is 13.2 Å². The Morgan fingerprint density at radius 2 is 1.95 bits per heavy atom. The van der Waals surface area contributed by atoms with Crippen molar-refractivity contribution in [3.05, 3.63) is 74.1 Å². The molecule has 0 saturated heterocycles. The number of rotatable bonds is 10. The minimum Gasteiger partial charge on any atom is -0.493 e. The van der Waals surface area contributed by atoms with Crippen molar-refractivity contribution in [2.45, 2.75) is 38.1 Å². The van der Waals surface area contributed by atoms with Gasteiger partial charge in [0.25, 0.3) is 5.56 Å². The number of ether oxygens (including phenoxy) is 1. The molecule has 0 saturated carbocycles. The van der Waals surface area contributed by atoms with Gasteiger partial charge in [-0.2, -0.15) is 0 Å². The van der Waals surface area contributed by atoms with E-state index in [9.17, 15) is 18.0 Å². The van der Waals surface area contributed by atoms with Crippen LogP contribution in [0.2, 0.25) is 5.02 Å². The number of hydrogen-bond donors (Lipinski definition) is 2. The van der Waals surface area contributed by atoms with Crippen molar-refractivity contribution >= 4 is 32.7 Å². The highest BCUT2D eigenvalue weighted by Crippen LogP contribution is 2.39. The van der Waals surface area contributed by atoms with E-state index in [4.69, 9.17) is 16.3 Å². The first-order chi connectivity index (χ1) is 17.7. The van der Waals surface area contributed by atoms with Gasteiger partial charge in [0.15, 0.2) is 0 Å². The number of aryl methyl sites for hydroxylation is 1. The van der Waals surface area contributed by atoms with Gasteiger partial charge < -0.3 is 9.72 Å². The van der Waals surface area contributed by atoms with E-state index in [0.717, 1.165) is 10.3 Å². The molecule has 0 fully saturated rings. The van der Waals surface area contributed by atoms with Crippen LogP contribution in [0.15, 0.2) is 57.1 Å². The molecule has 0 radical (unpaired) electrons. The van der Waals surface area contributed by atoms with E-state index in [1.54, 1.807) is 25.3 Å². The zero-order valence-electron chi connectivity index (χ0n) is 20.7. The molecule has 12 heteroatoms. The summed E-state index contributed by atoms with van der Waals surface area (Å²) in [5.74, 6) is 0.379. The Hall–Kier alpha value is -3.41. The molecule has 3 aromatic heterocycles. The number of halogens is 1. The summed E-state index contributed by atoms with van der Waals surface area (Å²) in [5, 5.41) is 0.136. The molecule has 4 aromatic rings. The zero-order valence-corrected chi connectivity index (χ0v) is 22.3. The summed E-state index contributed by atoms with van der Waals surface area (Å²) < 4.78 is 37.0. The van der Waals surface area contributed by atoms with Crippen LogP contribution in [-0.4, -0.2) is 40.7 Å². The molecule has 0 bridgehead atoms. The van der Waals surface area contributed by atoms with Gasteiger partial charge in [-0.15, -0.1) is 0 Å². The summed E-state index contributed by atoms with van der Waals surface area (Å²) in [4.78, 5) is 32.9. The third-order valence-electron chi connectivity index (χ3n) is 5.90. The van der Waals surface area contributed by atoms with Crippen LogP contribution in [0.4, 0.5) is 0 Å². The first-order valence-electron chi connectivity index (χ1n) is 11.9. The molecular weight excluding hydrogens is 518 g/mol. The molecule has 0 unspecified atom stereocenters. The minimum absolute atomic E-state index is 0.000507. The second kappa shape index (κ2) is 10.9. The lowest BCUT2D eigenvalue weighted by atomic mass is 10.1. The van der Waals surface area contributed by atoms with Crippen LogP contribution < -0.4 is 20.7 Å². The monoisotopic (exact) mass is 545 g/mol. The third-order valence-corrected chi connectivity index (χ3v) is 7.72. The van der Waals surface area contributed by atoms with Crippen molar-refractivity contribution in [2.75, 3.05) is 13.2 Å². The van der Waals surface area contributed by atoms with Gasteiger partial charge in [0, 0.05) is 44.0 Å². The molecular formula is C25H28ClN5O5S. The van der Waals surface area contributed by atoms with Crippen LogP contribution in [-0.2, 0) is 30.0 Å². The van der Waals surface area contributed by atoms with E-state index in [2.05, 4.69) is 14.7 Å². The van der Waals surface area contributed by atoms with Crippen LogP contribution in [0.25, 0.3) is 22.3 Å². The van der Waals surface area contributed by atoms with Crippen LogP contribution in [0, 0.1) is 0 Å². The standard InChI is InChI=1S/C25H28ClN5O5S/c1-4-14-31-23-20(26)21(29-22(23)24(32)30(3)25(31)33)18-15-17(9-10-19(18)36-5-2)37(34,35)28-13-11-16-8-6-7-12-27-16/h6-10,12,15,28-29H,4-5,11,13-14H2,1-3H3. The number of sulfonamides is 1. The molecule has 196 valence electrons. The lowest BCUT2D eigenvalue weighted by Gasteiger charge is -2.13. The van der Waals surface area contributed by atoms with E-state index in [1.807, 2.05) is 19.1 Å². The Morgan fingerprint density at radius 1 is 1.16 bits per heavy atom. The van der Waals surface area contributed by atoms with Gasteiger partial charge in [0.1, 0.15) is 11.3 Å². The molecule has 2 N–H and O–H groups in total. The number of aromatic nitrogens is 4. The van der Waals surface area contributed by atoms with Crippen LogP contribution in [0.5, 0.6) is 5.75 Å². The van der Waals surface area contributed by atoms with Crippen LogP contribution in [0.1, 0.15) is 26.0 Å². The number of nitrogens with one attached hydrogen (secondary N) is 2. The molecule has 0 aliphatic heterocycles. The summed E-state index contributed by atoms with van der Waals surface area (Å²) in [5.41, 5.74) is 0.827. The highest BCUT2D eigenvalue weighted by molar-refractivity contribution is 7.89. The normalized spacial score (nSPS) is 11.8. The van der Waals surface area contributed by atoms with E-state index < -0.39 is 21.3 Å². The summed E-state index contributed by atoms with van der Waals surface area (Å²) in [7, 11) is -2.48. The average molecular weight is 546 g/mol. The molecule has 4 rings (SSSR count). The fourth-order valence-corrected chi connectivity index (χ4v) is 5.52. The number of benzene rings is 1. The van der Waals surface area contributed by atoms with Crippen molar-refractivity contribution in [3.8, 4) is 17.0 Å². The number of aromatic amines is 1. The molecule has 0 spiro atoms. The smallest absolute Gasteiger partial charge is 0.331 e. The molecule has 1 aromatic carbocycles. The molecule has 10 nitrogen and oxygen atoms in total. The number of pyridine rings is 1. The fraction of sp³-hybridized carbons (Fsp3) is 0.320. The Bertz CT molecular complexity index is 1660. The van der Waals surface area contributed by atoms with Crippen molar-refractivity contribution in [1.82, 2.24) is 23.8 Å². The largest absolute Gasteiger partial charge is 0.493 e. The number of hydrogen-bond acceptors (Lipinski definition) is 6. The lowest BCUT2D eigenvalue weighted by Crippen LogP contribution is -2.38. The van der Waals surface area contributed by atoms with Crippen LogP contribution in [0.3, 0.4) is 0 Å². The molecule has 37 heavy (non-hydrogen) atoms. The maximum absolute atomic E-state index is 13.1. The highest BCUT2D eigenvalue weighted by Gasteiger charge is 2.24. The van der Waals surface area contributed by atoms with Gasteiger partial charge in [-0.25, -0.2) is 17.9 Å². The van der Waals surface area contributed by atoms with Gasteiger partial charge in [-0.3, -0.25) is 18.9 Å². The molecule has 0 aliphatic carbocycles. The van der Waals surface area contributed by atoms with Gasteiger partial charge in [-0.05, 0) is 43.7 Å². The second-order valence-electron chi connectivity index (χ2n) is 8.40. The van der Waals surface area contributed by atoms with Crippen molar-refractivity contribution in [2.24, 2.45) is 7.05 Å². The summed E-state index contributed by atoms with van der Waals surface area (Å²) in [6, 6.07) is 9.89. The highest BCUT2D eigenvalue weighted by atomic mass is 35.5. The number of H-pyrrole nitrogens is 1. The van der Waals surface area contributed by atoms with Gasteiger partial charge in [-0.1, -0.05) is 24.6 Å². The molecule has 0 amide bonds. The summed E-state index contributed by atoms with van der Waals surface area (Å²) >= 11 is 6.75. The third kappa shape index (κ3) is 5.20. The Balaban J connectivity index is 1.81. The average Bonchev–Trinajstić information content (AvgIpc) is 3.23. The van der Waals surface area contributed by atoms with Crippen molar-refractivity contribution in [1.29, 1.82) is 0 Å². The lowest BCUT2D eigenvalue weighted by molar-refractivity contribution is 0.341. The molecule has 0 aliphatic rings. The Labute approximate surface area is 218 Å². The van der Waals surface area contributed by atoms with Crippen LogP contribution >= 0.6 is 11.6 Å². The first kappa shape index (κ1) is 26.6. The summed E-state index contributed by atoms with van der Waals surface area (Å²) in [6.07, 6.45) is 2.72. The van der Waals surface area contributed by atoms with Gasteiger partial charge >= 0.3 is 5.69 Å². The number of nitrogens with zero attached hydrogens (tertiary/aromatic N) is 3. The van der Waals surface area contributed by atoms with Crippen molar-refractivity contribution in [3.63, 3.8) is 0 Å². The van der Waals surface area contributed by atoms with E-state index >= 15 is 0 Å². The molecule has 0 atom stereocenters. The molecule has 3 heterocycles. The quantitative estimate of drug-likeness (QED) is 0.315. The SMILES string of the molecule is CCCn1c(=O)n(C)c(=O)c2[nH]c(-c3cc(S(=O)(=O)NCCc4ccccn4)ccc3OCC)c(Cl)c21.